The predicted octanol–water partition coefficient (Wildman–Crippen LogP) is 2.70. The summed E-state index contributed by atoms with van der Waals surface area (Å²) in [6.45, 7) is 3.59. The van der Waals surface area contributed by atoms with Crippen molar-refractivity contribution in [1.29, 1.82) is 0 Å². The number of fused-ring (bicyclic) bond motifs is 1. The molecule has 1 amide bonds. The summed E-state index contributed by atoms with van der Waals surface area (Å²) < 4.78 is 34.4. The zero-order chi connectivity index (χ0) is 27.8. The Bertz CT molecular complexity index is 1540. The van der Waals surface area contributed by atoms with Crippen LogP contribution in [0.15, 0.2) is 71.9 Å². The molecule has 0 radical (unpaired) electrons. The van der Waals surface area contributed by atoms with Gasteiger partial charge in [-0.05, 0) is 61.7 Å². The molecule has 12 heteroatoms. The maximum Gasteiger partial charge on any atom is 0.326 e. The van der Waals surface area contributed by atoms with Crippen molar-refractivity contribution in [1.82, 2.24) is 25.2 Å². The van der Waals surface area contributed by atoms with Crippen LogP contribution in [-0.4, -0.2) is 61.2 Å². The number of amides is 1. The summed E-state index contributed by atoms with van der Waals surface area (Å²) in [5.41, 5.74) is 2.18. The highest BCUT2D eigenvalue weighted by atomic mass is 32.2. The summed E-state index contributed by atoms with van der Waals surface area (Å²) >= 11 is 0. The number of hydrogen-bond donors (Lipinski definition) is 4. The molecule has 11 nitrogen and oxygen atoms in total. The van der Waals surface area contributed by atoms with E-state index in [-0.39, 0.29) is 18.0 Å². The molecule has 0 aliphatic rings. The van der Waals surface area contributed by atoms with E-state index < -0.39 is 27.9 Å². The van der Waals surface area contributed by atoms with Gasteiger partial charge in [0, 0.05) is 30.2 Å². The quantitative estimate of drug-likeness (QED) is 0.155. The predicted molar refractivity (Wildman–Crippen MR) is 147 cm³/mol. The lowest BCUT2D eigenvalue weighted by atomic mass is 10.1. The molecule has 4 N–H and O–H groups in total. The van der Waals surface area contributed by atoms with E-state index in [0.717, 1.165) is 10.9 Å². The highest BCUT2D eigenvalue weighted by Gasteiger charge is 2.29. The van der Waals surface area contributed by atoms with E-state index in [9.17, 15) is 18.0 Å². The van der Waals surface area contributed by atoms with Gasteiger partial charge in [0.15, 0.2) is 0 Å². The van der Waals surface area contributed by atoms with Crippen LogP contribution in [0, 0.1) is 13.8 Å². The minimum atomic E-state index is -4.11. The lowest BCUT2D eigenvalue weighted by Gasteiger charge is -2.20. The van der Waals surface area contributed by atoms with Crippen molar-refractivity contribution >= 4 is 38.6 Å². The SMILES string of the molecule is Cc1cccc(C)c1S(=O)(=O)NC(CNC(=O)c1ccc2[nH]ncc2c1)C(=O)OCCCNc1ccccn1. The second-order valence-corrected chi connectivity index (χ2v) is 10.6. The first-order chi connectivity index (χ1) is 18.7. The molecule has 204 valence electrons. The largest absolute Gasteiger partial charge is 0.464 e. The van der Waals surface area contributed by atoms with Crippen LogP contribution < -0.4 is 15.4 Å². The number of ether oxygens (including phenoxy) is 1. The minimum absolute atomic E-state index is 0.0470. The number of H-pyrrole nitrogens is 1. The Morgan fingerprint density at radius 2 is 1.85 bits per heavy atom. The number of hydrogen-bond acceptors (Lipinski definition) is 8. The molecule has 0 aliphatic heterocycles. The maximum atomic E-state index is 13.3. The minimum Gasteiger partial charge on any atom is -0.464 e. The molecule has 2 aromatic carbocycles. The lowest BCUT2D eigenvalue weighted by molar-refractivity contribution is -0.145. The molecule has 4 aromatic rings. The van der Waals surface area contributed by atoms with Gasteiger partial charge in [-0.15, -0.1) is 0 Å². The molecular weight excluding hydrogens is 520 g/mol. The summed E-state index contributed by atoms with van der Waals surface area (Å²) in [6.07, 6.45) is 3.72. The molecule has 2 heterocycles. The average molecular weight is 551 g/mol. The topological polar surface area (TPSA) is 155 Å². The van der Waals surface area contributed by atoms with Crippen LogP contribution >= 0.6 is 0 Å². The standard InChI is InChI=1S/C27H30N6O5S/c1-18-7-5-8-19(2)25(18)39(36,37)33-23(27(35)38-14-6-13-29-24-9-3-4-12-28-24)17-30-26(34)20-10-11-22-21(15-20)16-31-32-22/h3-5,7-12,15-16,23,33H,6,13-14,17H2,1-2H3,(H,28,29)(H,30,34)(H,31,32). The number of aromatic amines is 1. The number of carbonyl (C=O) groups excluding carboxylic acids is 2. The fraction of sp³-hybridized carbons (Fsp3) is 0.259. The first-order valence-electron chi connectivity index (χ1n) is 12.4. The maximum absolute atomic E-state index is 13.3. The van der Waals surface area contributed by atoms with E-state index in [1.807, 2.05) is 12.1 Å². The molecule has 0 bridgehead atoms. The van der Waals surface area contributed by atoms with Crippen LogP contribution in [0.25, 0.3) is 10.9 Å². The highest BCUT2D eigenvalue weighted by Crippen LogP contribution is 2.20. The Balaban J connectivity index is 1.43. The number of esters is 1. The summed E-state index contributed by atoms with van der Waals surface area (Å²) in [5.74, 6) is -0.575. The molecule has 0 aliphatic carbocycles. The normalized spacial score (nSPS) is 12.2. The van der Waals surface area contributed by atoms with Gasteiger partial charge in [-0.25, -0.2) is 13.4 Å². The van der Waals surface area contributed by atoms with Gasteiger partial charge in [0.1, 0.15) is 11.9 Å². The number of rotatable bonds is 12. The Morgan fingerprint density at radius 1 is 1.05 bits per heavy atom. The van der Waals surface area contributed by atoms with Crippen molar-refractivity contribution in [3.8, 4) is 0 Å². The van der Waals surface area contributed by atoms with Gasteiger partial charge < -0.3 is 15.4 Å². The Hall–Kier alpha value is -4.29. The van der Waals surface area contributed by atoms with Crippen LogP contribution in [0.4, 0.5) is 5.82 Å². The van der Waals surface area contributed by atoms with Crippen LogP contribution in [0.2, 0.25) is 0 Å². The van der Waals surface area contributed by atoms with E-state index in [4.69, 9.17) is 4.74 Å². The lowest BCUT2D eigenvalue weighted by Crippen LogP contribution is -2.49. The Labute approximate surface area is 226 Å². The van der Waals surface area contributed by atoms with Gasteiger partial charge in [0.05, 0.1) is 23.2 Å². The van der Waals surface area contributed by atoms with E-state index >= 15 is 0 Å². The molecule has 39 heavy (non-hydrogen) atoms. The molecule has 0 saturated heterocycles. The van der Waals surface area contributed by atoms with Crippen LogP contribution in [0.5, 0.6) is 0 Å². The van der Waals surface area contributed by atoms with Gasteiger partial charge in [0.25, 0.3) is 5.91 Å². The smallest absolute Gasteiger partial charge is 0.326 e. The zero-order valence-corrected chi connectivity index (χ0v) is 22.4. The fourth-order valence-electron chi connectivity index (χ4n) is 4.05. The molecule has 0 fully saturated rings. The number of carbonyl (C=O) groups is 2. The molecule has 0 saturated carbocycles. The molecule has 0 spiro atoms. The first kappa shape index (κ1) is 27.7. The van der Waals surface area contributed by atoms with Crippen LogP contribution in [0.3, 0.4) is 0 Å². The van der Waals surface area contributed by atoms with Crippen molar-refractivity contribution in [2.75, 3.05) is 25.0 Å². The van der Waals surface area contributed by atoms with Gasteiger partial charge >= 0.3 is 5.97 Å². The van der Waals surface area contributed by atoms with Crippen molar-refractivity contribution < 1.29 is 22.7 Å². The Kier molecular flexibility index (Phi) is 8.89. The Morgan fingerprint density at radius 3 is 2.59 bits per heavy atom. The number of aryl methyl sites for hydroxylation is 2. The number of nitrogens with one attached hydrogen (secondary N) is 4. The van der Waals surface area contributed by atoms with Crippen molar-refractivity contribution in [2.24, 2.45) is 0 Å². The number of benzene rings is 2. The fourth-order valence-corrected chi connectivity index (χ4v) is 5.71. The van der Waals surface area contributed by atoms with Gasteiger partial charge in [0.2, 0.25) is 10.0 Å². The van der Waals surface area contributed by atoms with E-state index in [1.165, 1.54) is 0 Å². The number of sulfonamides is 1. The van der Waals surface area contributed by atoms with Crippen molar-refractivity contribution in [3.05, 3.63) is 83.7 Å². The van der Waals surface area contributed by atoms with E-state index in [0.29, 0.717) is 35.5 Å². The number of pyridine rings is 1. The van der Waals surface area contributed by atoms with Crippen LogP contribution in [-0.2, 0) is 19.6 Å². The van der Waals surface area contributed by atoms with E-state index in [1.54, 1.807) is 68.7 Å². The summed E-state index contributed by atoms with van der Waals surface area (Å²) in [6, 6.07) is 14.2. The second kappa shape index (κ2) is 12.5. The van der Waals surface area contributed by atoms with Gasteiger partial charge in [-0.1, -0.05) is 24.3 Å². The zero-order valence-electron chi connectivity index (χ0n) is 21.6. The summed E-state index contributed by atoms with van der Waals surface area (Å²) in [7, 11) is -4.11. The number of aromatic nitrogens is 3. The number of nitrogens with zero attached hydrogens (tertiary/aromatic N) is 2. The molecule has 1 unspecified atom stereocenters. The highest BCUT2D eigenvalue weighted by molar-refractivity contribution is 7.89. The molecule has 1 atom stereocenters. The summed E-state index contributed by atoms with van der Waals surface area (Å²) in [5, 5.41) is 13.3. The van der Waals surface area contributed by atoms with Crippen molar-refractivity contribution in [3.63, 3.8) is 0 Å². The third kappa shape index (κ3) is 7.18. The molecule has 4 rings (SSSR count). The monoisotopic (exact) mass is 550 g/mol. The average Bonchev–Trinajstić information content (AvgIpc) is 3.39. The first-order valence-corrected chi connectivity index (χ1v) is 13.8. The molecule has 2 aromatic heterocycles. The third-order valence-corrected chi connectivity index (χ3v) is 7.74. The van der Waals surface area contributed by atoms with Crippen LogP contribution in [0.1, 0.15) is 27.9 Å². The summed E-state index contributed by atoms with van der Waals surface area (Å²) in [4.78, 5) is 30.1. The van der Waals surface area contributed by atoms with Gasteiger partial charge in [-0.3, -0.25) is 14.7 Å². The van der Waals surface area contributed by atoms with E-state index in [2.05, 4.69) is 30.5 Å². The number of anilines is 1. The molecular formula is C27H30N6O5S. The second-order valence-electron chi connectivity index (χ2n) is 8.94. The third-order valence-electron chi connectivity index (χ3n) is 5.97. The van der Waals surface area contributed by atoms with Crippen molar-refractivity contribution in [2.45, 2.75) is 31.2 Å². The van der Waals surface area contributed by atoms with Gasteiger partial charge in [-0.2, -0.15) is 9.82 Å².